The molecule has 0 aliphatic carbocycles. The Morgan fingerprint density at radius 1 is 1.04 bits per heavy atom. The summed E-state index contributed by atoms with van der Waals surface area (Å²) in [6.07, 6.45) is 0. The van der Waals surface area contributed by atoms with Gasteiger partial charge in [0.1, 0.15) is 5.75 Å². The highest BCUT2D eigenvalue weighted by molar-refractivity contribution is 6.39. The predicted molar refractivity (Wildman–Crippen MR) is 94.2 cm³/mol. The number of rotatable bonds is 5. The first-order chi connectivity index (χ1) is 11.5. The van der Waals surface area contributed by atoms with Crippen LogP contribution in [0.3, 0.4) is 0 Å². The number of hydrogen-bond donors (Lipinski definition) is 2. The van der Waals surface area contributed by atoms with Crippen molar-refractivity contribution in [2.45, 2.75) is 6.54 Å². The van der Waals surface area contributed by atoms with E-state index in [4.69, 9.17) is 4.74 Å². The van der Waals surface area contributed by atoms with E-state index in [1.807, 2.05) is 49.3 Å². The Labute approximate surface area is 141 Å². The average Bonchev–Trinajstić information content (AvgIpc) is 2.60. The minimum Gasteiger partial charge on any atom is -0.496 e. The van der Waals surface area contributed by atoms with Crippen LogP contribution >= 0.6 is 0 Å². The van der Waals surface area contributed by atoms with Crippen LogP contribution < -0.4 is 20.3 Å². The van der Waals surface area contributed by atoms with Gasteiger partial charge in [0.15, 0.2) is 0 Å². The van der Waals surface area contributed by atoms with Crippen LogP contribution in [0.25, 0.3) is 0 Å². The molecule has 126 valence electrons. The summed E-state index contributed by atoms with van der Waals surface area (Å²) in [6.45, 7) is 0.216. The molecule has 0 heterocycles. The van der Waals surface area contributed by atoms with Gasteiger partial charge in [0.05, 0.1) is 7.11 Å². The van der Waals surface area contributed by atoms with Crippen molar-refractivity contribution in [1.82, 2.24) is 5.32 Å². The number of carbonyl (C=O) groups is 2. The lowest BCUT2D eigenvalue weighted by Gasteiger charge is -2.14. The number of amides is 2. The van der Waals surface area contributed by atoms with Crippen molar-refractivity contribution in [3.63, 3.8) is 0 Å². The maximum atomic E-state index is 12.0. The second-order valence-corrected chi connectivity index (χ2v) is 5.39. The van der Waals surface area contributed by atoms with Crippen molar-refractivity contribution in [3.05, 3.63) is 54.1 Å². The summed E-state index contributed by atoms with van der Waals surface area (Å²) in [6, 6.07) is 14.6. The monoisotopic (exact) mass is 327 g/mol. The summed E-state index contributed by atoms with van der Waals surface area (Å²) in [5, 5.41) is 5.18. The lowest BCUT2D eigenvalue weighted by Crippen LogP contribution is -2.35. The van der Waals surface area contributed by atoms with Crippen LogP contribution in [0, 0.1) is 0 Å². The molecule has 0 atom stereocenters. The van der Waals surface area contributed by atoms with E-state index in [0.717, 1.165) is 11.3 Å². The molecule has 0 saturated heterocycles. The van der Waals surface area contributed by atoms with Gasteiger partial charge in [-0.15, -0.1) is 0 Å². The van der Waals surface area contributed by atoms with E-state index >= 15 is 0 Å². The molecule has 0 radical (unpaired) electrons. The van der Waals surface area contributed by atoms with Gasteiger partial charge in [-0.05, 0) is 24.3 Å². The lowest BCUT2D eigenvalue weighted by molar-refractivity contribution is -0.136. The number of methoxy groups -OCH3 is 1. The van der Waals surface area contributed by atoms with Gasteiger partial charge in [0.2, 0.25) is 0 Å². The van der Waals surface area contributed by atoms with Crippen molar-refractivity contribution < 1.29 is 14.3 Å². The Hall–Kier alpha value is -3.02. The molecular weight excluding hydrogens is 306 g/mol. The van der Waals surface area contributed by atoms with Gasteiger partial charge >= 0.3 is 11.8 Å². The fourth-order valence-electron chi connectivity index (χ4n) is 2.15. The molecule has 0 saturated carbocycles. The lowest BCUT2D eigenvalue weighted by atomic mass is 10.2. The van der Waals surface area contributed by atoms with Crippen LogP contribution in [0.2, 0.25) is 0 Å². The Morgan fingerprint density at radius 2 is 1.79 bits per heavy atom. The summed E-state index contributed by atoms with van der Waals surface area (Å²) in [4.78, 5) is 25.9. The zero-order valence-corrected chi connectivity index (χ0v) is 14.0. The van der Waals surface area contributed by atoms with E-state index in [-0.39, 0.29) is 6.54 Å². The smallest absolute Gasteiger partial charge is 0.313 e. The first-order valence-corrected chi connectivity index (χ1v) is 7.49. The Kier molecular flexibility index (Phi) is 5.78. The molecular formula is C18H21N3O3. The SMILES string of the molecule is COc1ccccc1CNC(=O)C(=O)Nc1cccc(N(C)C)c1. The Morgan fingerprint density at radius 3 is 2.50 bits per heavy atom. The molecule has 6 heteroatoms. The highest BCUT2D eigenvalue weighted by atomic mass is 16.5. The van der Waals surface area contributed by atoms with Gasteiger partial charge in [-0.2, -0.15) is 0 Å². The van der Waals surface area contributed by atoms with Crippen molar-refractivity contribution >= 4 is 23.2 Å². The molecule has 2 aromatic rings. The van der Waals surface area contributed by atoms with E-state index < -0.39 is 11.8 Å². The van der Waals surface area contributed by atoms with E-state index in [0.29, 0.717) is 11.4 Å². The third-order valence-corrected chi connectivity index (χ3v) is 3.46. The summed E-state index contributed by atoms with van der Waals surface area (Å²) < 4.78 is 5.21. The van der Waals surface area contributed by atoms with Crippen LogP contribution in [0.15, 0.2) is 48.5 Å². The summed E-state index contributed by atoms with van der Waals surface area (Å²) in [5.41, 5.74) is 2.30. The second-order valence-electron chi connectivity index (χ2n) is 5.39. The van der Waals surface area contributed by atoms with Gasteiger partial charge in [0.25, 0.3) is 0 Å². The van der Waals surface area contributed by atoms with Crippen LogP contribution in [-0.4, -0.2) is 33.0 Å². The third-order valence-electron chi connectivity index (χ3n) is 3.46. The number of nitrogens with zero attached hydrogens (tertiary/aromatic N) is 1. The van der Waals surface area contributed by atoms with Gasteiger partial charge < -0.3 is 20.3 Å². The molecule has 2 rings (SSSR count). The van der Waals surface area contributed by atoms with E-state index in [1.54, 1.807) is 25.3 Å². The maximum absolute atomic E-state index is 12.0. The summed E-state index contributed by atoms with van der Waals surface area (Å²) >= 11 is 0. The number of benzene rings is 2. The number of nitrogens with one attached hydrogen (secondary N) is 2. The fraction of sp³-hybridized carbons (Fsp3) is 0.222. The fourth-order valence-corrected chi connectivity index (χ4v) is 2.15. The van der Waals surface area contributed by atoms with Crippen molar-refractivity contribution in [2.75, 3.05) is 31.4 Å². The van der Waals surface area contributed by atoms with E-state index in [1.165, 1.54) is 0 Å². The normalized spacial score (nSPS) is 9.96. The number of ether oxygens (including phenoxy) is 1. The molecule has 0 bridgehead atoms. The van der Waals surface area contributed by atoms with Crippen molar-refractivity contribution in [2.24, 2.45) is 0 Å². The molecule has 2 amide bonds. The largest absolute Gasteiger partial charge is 0.496 e. The molecule has 2 aromatic carbocycles. The summed E-state index contributed by atoms with van der Waals surface area (Å²) in [5.74, 6) is -0.742. The first-order valence-electron chi connectivity index (χ1n) is 7.49. The molecule has 0 aromatic heterocycles. The standard InChI is InChI=1S/C18H21N3O3/c1-21(2)15-9-6-8-14(11-15)20-18(23)17(22)19-12-13-7-4-5-10-16(13)24-3/h4-11H,12H2,1-3H3,(H,19,22)(H,20,23). The minimum atomic E-state index is -0.708. The number of hydrogen-bond acceptors (Lipinski definition) is 4. The zero-order valence-electron chi connectivity index (χ0n) is 14.0. The molecule has 0 fully saturated rings. The first kappa shape index (κ1) is 17.3. The third kappa shape index (κ3) is 4.49. The molecule has 0 unspecified atom stereocenters. The molecule has 24 heavy (non-hydrogen) atoms. The van der Waals surface area contributed by atoms with Crippen molar-refractivity contribution in [1.29, 1.82) is 0 Å². The topological polar surface area (TPSA) is 70.7 Å². The van der Waals surface area contributed by atoms with Crippen LogP contribution in [0.1, 0.15) is 5.56 Å². The highest BCUT2D eigenvalue weighted by Crippen LogP contribution is 2.18. The molecule has 0 spiro atoms. The predicted octanol–water partition coefficient (Wildman–Crippen LogP) is 2.02. The van der Waals surface area contributed by atoms with E-state index in [2.05, 4.69) is 10.6 Å². The maximum Gasteiger partial charge on any atom is 0.313 e. The minimum absolute atomic E-state index is 0.216. The summed E-state index contributed by atoms with van der Waals surface area (Å²) in [7, 11) is 5.37. The molecule has 0 aliphatic rings. The quantitative estimate of drug-likeness (QED) is 0.824. The average molecular weight is 327 g/mol. The Bertz CT molecular complexity index is 729. The molecule has 0 aliphatic heterocycles. The zero-order chi connectivity index (χ0) is 17.5. The molecule has 6 nitrogen and oxygen atoms in total. The van der Waals surface area contributed by atoms with Gasteiger partial charge in [-0.25, -0.2) is 0 Å². The van der Waals surface area contributed by atoms with Crippen LogP contribution in [0.4, 0.5) is 11.4 Å². The van der Waals surface area contributed by atoms with Gasteiger partial charge in [0, 0.05) is 37.6 Å². The highest BCUT2D eigenvalue weighted by Gasteiger charge is 2.14. The van der Waals surface area contributed by atoms with E-state index in [9.17, 15) is 9.59 Å². The number of carbonyl (C=O) groups excluding carboxylic acids is 2. The molecule has 2 N–H and O–H groups in total. The van der Waals surface area contributed by atoms with Crippen LogP contribution in [0.5, 0.6) is 5.75 Å². The van der Waals surface area contributed by atoms with Gasteiger partial charge in [-0.1, -0.05) is 24.3 Å². The second kappa shape index (κ2) is 8.01. The number of para-hydroxylation sites is 1. The number of anilines is 2. The van der Waals surface area contributed by atoms with Crippen molar-refractivity contribution in [3.8, 4) is 5.75 Å². The Balaban J connectivity index is 1.95. The van der Waals surface area contributed by atoms with Gasteiger partial charge in [-0.3, -0.25) is 9.59 Å². The van der Waals surface area contributed by atoms with Crippen LogP contribution in [-0.2, 0) is 16.1 Å².